The number of amides is 1. The van der Waals surface area contributed by atoms with Gasteiger partial charge in [-0.25, -0.2) is 4.98 Å². The zero-order valence-corrected chi connectivity index (χ0v) is 14.4. The number of fused-ring (bicyclic) bond motifs is 2. The van der Waals surface area contributed by atoms with Crippen LogP contribution in [0.3, 0.4) is 0 Å². The molecule has 4 aromatic rings. The summed E-state index contributed by atoms with van der Waals surface area (Å²) in [6, 6.07) is 14.4. The molecule has 3 heterocycles. The van der Waals surface area contributed by atoms with E-state index in [1.165, 1.54) is 5.52 Å². The van der Waals surface area contributed by atoms with E-state index in [-0.39, 0.29) is 5.91 Å². The fourth-order valence-corrected chi connectivity index (χ4v) is 3.76. The number of nitrogens with one attached hydrogen (secondary N) is 1. The van der Waals surface area contributed by atoms with E-state index in [0.29, 0.717) is 6.54 Å². The summed E-state index contributed by atoms with van der Waals surface area (Å²) in [5.41, 5.74) is 5.05. The monoisotopic (exact) mass is 342 g/mol. The summed E-state index contributed by atoms with van der Waals surface area (Å²) in [6.07, 6.45) is 6.68. The van der Waals surface area contributed by atoms with Crippen molar-refractivity contribution in [2.75, 3.05) is 6.54 Å². The van der Waals surface area contributed by atoms with Crippen LogP contribution in [0.4, 0.5) is 0 Å². The average molecular weight is 342 g/mol. The second-order valence-corrected chi connectivity index (χ2v) is 6.63. The summed E-state index contributed by atoms with van der Waals surface area (Å²) in [6.45, 7) is 0.706. The standard InChI is InChI=1S/C21H18N4O/c1-24-11-8-16-17(3-2-4-19(16)24)20-22-10-12-25(20)15-6-5-14-7-9-23-21(26)18(14)13-15/h2-6,8,10-13H,7,9H2,1H3,(H,23,26). The first kappa shape index (κ1) is 15.0. The molecule has 2 aromatic heterocycles. The minimum absolute atomic E-state index is 0.0000683. The second kappa shape index (κ2) is 5.59. The number of aromatic nitrogens is 3. The van der Waals surface area contributed by atoms with Gasteiger partial charge in [0.2, 0.25) is 0 Å². The lowest BCUT2D eigenvalue weighted by atomic mass is 9.99. The third kappa shape index (κ3) is 2.17. The van der Waals surface area contributed by atoms with Crippen LogP contribution >= 0.6 is 0 Å². The topological polar surface area (TPSA) is 51.9 Å². The molecule has 5 rings (SSSR count). The van der Waals surface area contributed by atoms with Crippen molar-refractivity contribution in [3.8, 4) is 17.1 Å². The van der Waals surface area contributed by atoms with E-state index in [0.717, 1.165) is 40.0 Å². The van der Waals surface area contributed by atoms with Gasteiger partial charge in [0.1, 0.15) is 5.82 Å². The molecule has 0 saturated heterocycles. The van der Waals surface area contributed by atoms with Crippen molar-refractivity contribution in [3.63, 3.8) is 0 Å². The molecule has 1 aliphatic rings. The predicted molar refractivity (Wildman–Crippen MR) is 102 cm³/mol. The van der Waals surface area contributed by atoms with Crippen LogP contribution in [0.1, 0.15) is 15.9 Å². The Morgan fingerprint density at radius 1 is 1.08 bits per heavy atom. The molecule has 128 valence electrons. The average Bonchev–Trinajstić information content (AvgIpc) is 3.29. The molecule has 1 amide bonds. The summed E-state index contributed by atoms with van der Waals surface area (Å²) in [7, 11) is 2.04. The lowest BCUT2D eigenvalue weighted by molar-refractivity contribution is 0.0946. The Kier molecular flexibility index (Phi) is 3.22. The van der Waals surface area contributed by atoms with Crippen LogP contribution in [-0.2, 0) is 13.5 Å². The van der Waals surface area contributed by atoms with Gasteiger partial charge in [-0.05, 0) is 36.2 Å². The van der Waals surface area contributed by atoms with Crippen LogP contribution in [0.25, 0.3) is 28.0 Å². The van der Waals surface area contributed by atoms with Crippen molar-refractivity contribution in [2.24, 2.45) is 7.05 Å². The highest BCUT2D eigenvalue weighted by atomic mass is 16.1. The fourth-order valence-electron chi connectivity index (χ4n) is 3.76. The molecule has 1 N–H and O–H groups in total. The highest BCUT2D eigenvalue weighted by Crippen LogP contribution is 2.30. The van der Waals surface area contributed by atoms with Gasteiger partial charge in [-0.1, -0.05) is 18.2 Å². The second-order valence-electron chi connectivity index (χ2n) is 6.63. The largest absolute Gasteiger partial charge is 0.352 e. The Hall–Kier alpha value is -3.34. The lowest BCUT2D eigenvalue weighted by Gasteiger charge is -2.18. The number of carbonyl (C=O) groups excluding carboxylic acids is 1. The van der Waals surface area contributed by atoms with E-state index < -0.39 is 0 Å². The Morgan fingerprint density at radius 2 is 2.00 bits per heavy atom. The summed E-state index contributed by atoms with van der Waals surface area (Å²) in [5, 5.41) is 4.08. The van der Waals surface area contributed by atoms with Gasteiger partial charge in [0.15, 0.2) is 0 Å². The van der Waals surface area contributed by atoms with Gasteiger partial charge in [-0.3, -0.25) is 9.36 Å². The molecule has 0 spiro atoms. The number of nitrogens with zero attached hydrogens (tertiary/aromatic N) is 3. The van der Waals surface area contributed by atoms with Crippen molar-refractivity contribution in [3.05, 3.63) is 72.2 Å². The maximum atomic E-state index is 12.2. The van der Waals surface area contributed by atoms with Gasteiger partial charge >= 0.3 is 0 Å². The van der Waals surface area contributed by atoms with Gasteiger partial charge in [0, 0.05) is 59.9 Å². The highest BCUT2D eigenvalue weighted by molar-refractivity contribution is 5.97. The molecule has 0 aliphatic carbocycles. The smallest absolute Gasteiger partial charge is 0.251 e. The normalized spacial score (nSPS) is 13.7. The Bertz CT molecular complexity index is 1150. The van der Waals surface area contributed by atoms with E-state index in [1.807, 2.05) is 23.9 Å². The Labute approximate surface area is 150 Å². The third-order valence-corrected chi connectivity index (χ3v) is 5.11. The molecular weight excluding hydrogens is 324 g/mol. The summed E-state index contributed by atoms with van der Waals surface area (Å²) in [5.74, 6) is 0.873. The number of hydrogen-bond acceptors (Lipinski definition) is 2. The number of aryl methyl sites for hydroxylation is 1. The third-order valence-electron chi connectivity index (χ3n) is 5.11. The SMILES string of the molecule is Cn1ccc2c(-c3nccn3-c3ccc4c(c3)C(=O)NCC4)cccc21. The highest BCUT2D eigenvalue weighted by Gasteiger charge is 2.18. The number of rotatable bonds is 2. The summed E-state index contributed by atoms with van der Waals surface area (Å²) in [4.78, 5) is 16.8. The van der Waals surface area contributed by atoms with Crippen molar-refractivity contribution in [1.29, 1.82) is 0 Å². The van der Waals surface area contributed by atoms with Gasteiger partial charge in [-0.15, -0.1) is 0 Å². The van der Waals surface area contributed by atoms with E-state index in [2.05, 4.69) is 57.5 Å². The summed E-state index contributed by atoms with van der Waals surface area (Å²) < 4.78 is 4.15. The molecule has 2 aromatic carbocycles. The maximum absolute atomic E-state index is 12.2. The molecule has 0 unspecified atom stereocenters. The number of imidazole rings is 1. The first-order valence-electron chi connectivity index (χ1n) is 8.71. The zero-order chi connectivity index (χ0) is 17.7. The minimum atomic E-state index is -0.0000683. The van der Waals surface area contributed by atoms with Gasteiger partial charge < -0.3 is 9.88 Å². The molecule has 0 bridgehead atoms. The molecule has 1 aliphatic heterocycles. The maximum Gasteiger partial charge on any atom is 0.251 e. The zero-order valence-electron chi connectivity index (χ0n) is 14.4. The predicted octanol–water partition coefficient (Wildman–Crippen LogP) is 3.32. The quantitative estimate of drug-likeness (QED) is 0.608. The number of benzene rings is 2. The van der Waals surface area contributed by atoms with Gasteiger partial charge in [0.05, 0.1) is 0 Å². The van der Waals surface area contributed by atoms with Crippen LogP contribution in [0.2, 0.25) is 0 Å². The summed E-state index contributed by atoms with van der Waals surface area (Å²) >= 11 is 0. The van der Waals surface area contributed by atoms with Crippen LogP contribution < -0.4 is 5.32 Å². The van der Waals surface area contributed by atoms with E-state index >= 15 is 0 Å². The van der Waals surface area contributed by atoms with Crippen molar-refractivity contribution < 1.29 is 4.79 Å². The van der Waals surface area contributed by atoms with Crippen LogP contribution in [0, 0.1) is 0 Å². The van der Waals surface area contributed by atoms with Crippen molar-refractivity contribution in [2.45, 2.75) is 6.42 Å². The fraction of sp³-hybridized carbons (Fsp3) is 0.143. The Morgan fingerprint density at radius 3 is 2.92 bits per heavy atom. The molecular formula is C21H18N4O. The minimum Gasteiger partial charge on any atom is -0.352 e. The first-order chi connectivity index (χ1) is 12.7. The van der Waals surface area contributed by atoms with E-state index in [9.17, 15) is 4.79 Å². The van der Waals surface area contributed by atoms with Crippen LogP contribution in [0.5, 0.6) is 0 Å². The van der Waals surface area contributed by atoms with Gasteiger partial charge in [0.25, 0.3) is 5.91 Å². The molecule has 26 heavy (non-hydrogen) atoms. The molecule has 0 saturated carbocycles. The molecule has 0 radical (unpaired) electrons. The number of carbonyl (C=O) groups is 1. The van der Waals surface area contributed by atoms with Crippen molar-refractivity contribution >= 4 is 16.8 Å². The van der Waals surface area contributed by atoms with Crippen molar-refractivity contribution in [1.82, 2.24) is 19.4 Å². The van der Waals surface area contributed by atoms with E-state index in [1.54, 1.807) is 6.20 Å². The molecule has 5 heteroatoms. The van der Waals surface area contributed by atoms with E-state index in [4.69, 9.17) is 0 Å². The number of hydrogen-bond donors (Lipinski definition) is 1. The van der Waals surface area contributed by atoms with Gasteiger partial charge in [-0.2, -0.15) is 0 Å². The Balaban J connectivity index is 1.68. The van der Waals surface area contributed by atoms with Crippen LogP contribution in [-0.4, -0.2) is 26.6 Å². The molecule has 5 nitrogen and oxygen atoms in total. The first-order valence-corrected chi connectivity index (χ1v) is 8.71. The van der Waals surface area contributed by atoms with Crippen LogP contribution in [0.15, 0.2) is 61.1 Å². The molecule has 0 fully saturated rings. The lowest BCUT2D eigenvalue weighted by Crippen LogP contribution is -2.31. The molecule has 0 atom stereocenters.